The maximum Gasteiger partial charge on any atom is 0.256 e. The molecule has 1 aliphatic rings. The lowest BCUT2D eigenvalue weighted by atomic mass is 10.1. The van der Waals surface area contributed by atoms with Gasteiger partial charge in [-0.05, 0) is 36.2 Å². The third kappa shape index (κ3) is 4.24. The van der Waals surface area contributed by atoms with Crippen LogP contribution in [0.25, 0.3) is 0 Å². The smallest absolute Gasteiger partial charge is 0.256 e. The van der Waals surface area contributed by atoms with Gasteiger partial charge in [0.2, 0.25) is 10.0 Å². The minimum Gasteiger partial charge on any atom is -0.379 e. The van der Waals surface area contributed by atoms with E-state index in [1.54, 1.807) is 7.05 Å². The van der Waals surface area contributed by atoms with Crippen LogP contribution in [0.15, 0.2) is 47.4 Å². The summed E-state index contributed by atoms with van der Waals surface area (Å²) in [6, 6.07) is 11.0. The lowest BCUT2D eigenvalue weighted by molar-refractivity contribution is 0.0730. The fraction of sp³-hybridized carbons (Fsp3) is 0.350. The molecule has 0 aromatic heterocycles. The Morgan fingerprint density at radius 3 is 2.54 bits per heavy atom. The Morgan fingerprint density at radius 2 is 1.86 bits per heavy atom. The van der Waals surface area contributed by atoms with Gasteiger partial charge in [-0.3, -0.25) is 4.79 Å². The van der Waals surface area contributed by atoms with Crippen molar-refractivity contribution < 1.29 is 22.3 Å². The van der Waals surface area contributed by atoms with Gasteiger partial charge in [-0.25, -0.2) is 12.8 Å². The topological polar surface area (TPSA) is 66.9 Å². The molecule has 1 aliphatic heterocycles. The number of benzene rings is 2. The number of rotatable bonds is 5. The summed E-state index contributed by atoms with van der Waals surface area (Å²) in [7, 11) is -2.24. The first-order chi connectivity index (χ1) is 13.3. The number of sulfonamides is 1. The zero-order valence-corrected chi connectivity index (χ0v) is 16.7. The van der Waals surface area contributed by atoms with Crippen molar-refractivity contribution in [1.82, 2.24) is 9.21 Å². The van der Waals surface area contributed by atoms with Crippen LogP contribution in [0.4, 0.5) is 4.39 Å². The maximum absolute atomic E-state index is 14.4. The molecule has 8 heteroatoms. The normalized spacial score (nSPS) is 15.4. The number of nitrogens with zero attached hydrogens (tertiary/aromatic N) is 2. The van der Waals surface area contributed by atoms with Crippen LogP contribution in [0, 0.1) is 12.7 Å². The molecule has 2 aromatic carbocycles. The van der Waals surface area contributed by atoms with Crippen LogP contribution >= 0.6 is 0 Å². The van der Waals surface area contributed by atoms with Crippen LogP contribution < -0.4 is 0 Å². The van der Waals surface area contributed by atoms with Gasteiger partial charge >= 0.3 is 0 Å². The summed E-state index contributed by atoms with van der Waals surface area (Å²) in [4.78, 5) is 14.1. The van der Waals surface area contributed by atoms with Gasteiger partial charge in [-0.2, -0.15) is 4.31 Å². The summed E-state index contributed by atoms with van der Waals surface area (Å²) in [5.41, 5.74) is 1.70. The van der Waals surface area contributed by atoms with Gasteiger partial charge in [-0.15, -0.1) is 0 Å². The first kappa shape index (κ1) is 20.4. The number of amides is 1. The summed E-state index contributed by atoms with van der Waals surface area (Å²) >= 11 is 0. The number of morpholine rings is 1. The number of hydrogen-bond acceptors (Lipinski definition) is 4. The lowest BCUT2D eigenvalue weighted by Gasteiger charge is -2.26. The molecule has 150 valence electrons. The second-order valence-electron chi connectivity index (χ2n) is 6.75. The molecule has 0 atom stereocenters. The van der Waals surface area contributed by atoms with Gasteiger partial charge in [0, 0.05) is 26.7 Å². The predicted molar refractivity (Wildman–Crippen MR) is 103 cm³/mol. The molecule has 1 heterocycles. The van der Waals surface area contributed by atoms with Crippen LogP contribution in [0.2, 0.25) is 0 Å². The largest absolute Gasteiger partial charge is 0.379 e. The Hall–Kier alpha value is -2.29. The van der Waals surface area contributed by atoms with Gasteiger partial charge < -0.3 is 9.64 Å². The van der Waals surface area contributed by atoms with Crippen molar-refractivity contribution in [2.45, 2.75) is 18.4 Å². The van der Waals surface area contributed by atoms with Gasteiger partial charge in [0.05, 0.1) is 23.7 Å². The third-order valence-electron chi connectivity index (χ3n) is 4.79. The minimum absolute atomic E-state index is 0.0940. The molecule has 2 aromatic rings. The molecule has 0 aliphatic carbocycles. The molecule has 0 spiro atoms. The fourth-order valence-corrected chi connectivity index (χ4v) is 4.52. The third-order valence-corrected chi connectivity index (χ3v) is 6.69. The highest BCUT2D eigenvalue weighted by Crippen LogP contribution is 2.22. The minimum atomic E-state index is -3.81. The molecule has 0 saturated carbocycles. The molecule has 3 rings (SSSR count). The van der Waals surface area contributed by atoms with E-state index in [4.69, 9.17) is 4.74 Å². The zero-order valence-electron chi connectivity index (χ0n) is 15.9. The molecule has 0 bridgehead atoms. The number of halogens is 1. The molecular formula is C20H23FN2O4S. The Balaban J connectivity index is 1.86. The molecule has 0 radical (unpaired) electrons. The van der Waals surface area contributed by atoms with Crippen molar-refractivity contribution in [3.8, 4) is 0 Å². The van der Waals surface area contributed by atoms with Crippen LogP contribution in [0.3, 0.4) is 0 Å². The highest BCUT2D eigenvalue weighted by molar-refractivity contribution is 7.89. The molecule has 1 fully saturated rings. The van der Waals surface area contributed by atoms with E-state index in [9.17, 15) is 17.6 Å². The van der Waals surface area contributed by atoms with Crippen molar-refractivity contribution in [2.75, 3.05) is 33.4 Å². The summed E-state index contributed by atoms with van der Waals surface area (Å²) in [5.74, 6) is -1.32. The van der Waals surface area contributed by atoms with Crippen molar-refractivity contribution in [3.05, 3.63) is 65.0 Å². The van der Waals surface area contributed by atoms with E-state index in [2.05, 4.69) is 0 Å². The molecule has 6 nitrogen and oxygen atoms in total. The number of carbonyl (C=O) groups excluding carboxylic acids is 1. The molecule has 1 saturated heterocycles. The molecule has 0 unspecified atom stereocenters. The van der Waals surface area contributed by atoms with E-state index in [1.807, 2.05) is 31.2 Å². The Bertz CT molecular complexity index is 972. The predicted octanol–water partition coefficient (Wildman–Crippen LogP) is 2.43. The second-order valence-corrected chi connectivity index (χ2v) is 8.68. The van der Waals surface area contributed by atoms with E-state index in [-0.39, 0.29) is 23.5 Å². The summed E-state index contributed by atoms with van der Waals surface area (Å²) in [6.07, 6.45) is 0. The number of ether oxygens (including phenoxy) is 1. The van der Waals surface area contributed by atoms with Gasteiger partial charge in [0.15, 0.2) is 0 Å². The summed E-state index contributed by atoms with van der Waals surface area (Å²) < 4.78 is 46.4. The summed E-state index contributed by atoms with van der Waals surface area (Å²) in [5, 5.41) is 0. The van der Waals surface area contributed by atoms with Crippen LogP contribution in [0.5, 0.6) is 0 Å². The average molecular weight is 406 g/mol. The Morgan fingerprint density at radius 1 is 1.18 bits per heavy atom. The fourth-order valence-electron chi connectivity index (χ4n) is 3.09. The van der Waals surface area contributed by atoms with Gasteiger partial charge in [0.1, 0.15) is 5.82 Å². The molecular weight excluding hydrogens is 383 g/mol. The van der Waals surface area contributed by atoms with Crippen LogP contribution in [0.1, 0.15) is 21.5 Å². The standard InChI is InChI=1S/C20H23FN2O4S/c1-15-5-3-4-6-16(15)14-22(2)20(24)18-13-17(7-8-19(18)21)28(25,26)23-9-11-27-12-10-23/h3-8,13H,9-12,14H2,1-2H3. The average Bonchev–Trinajstić information content (AvgIpc) is 2.70. The molecule has 0 N–H and O–H groups in total. The van der Waals surface area contributed by atoms with Crippen LogP contribution in [-0.2, 0) is 21.3 Å². The van der Waals surface area contributed by atoms with Crippen molar-refractivity contribution in [2.24, 2.45) is 0 Å². The van der Waals surface area contributed by atoms with E-state index < -0.39 is 21.7 Å². The van der Waals surface area contributed by atoms with Crippen molar-refractivity contribution >= 4 is 15.9 Å². The first-order valence-corrected chi connectivity index (χ1v) is 10.4. The number of aryl methyl sites for hydroxylation is 1. The lowest BCUT2D eigenvalue weighted by Crippen LogP contribution is -2.40. The SMILES string of the molecule is Cc1ccccc1CN(C)C(=O)c1cc(S(=O)(=O)N2CCOCC2)ccc1F. The van der Waals surface area contributed by atoms with Gasteiger partial charge in [0.25, 0.3) is 5.91 Å². The highest BCUT2D eigenvalue weighted by Gasteiger charge is 2.28. The Kier molecular flexibility index (Phi) is 6.12. The molecule has 1 amide bonds. The zero-order chi connectivity index (χ0) is 20.3. The Labute approximate surface area is 164 Å². The quantitative estimate of drug-likeness (QED) is 0.765. The summed E-state index contributed by atoms with van der Waals surface area (Å²) in [6.45, 7) is 3.32. The second kappa shape index (κ2) is 8.38. The number of hydrogen-bond donors (Lipinski definition) is 0. The van der Waals surface area contributed by atoms with Crippen molar-refractivity contribution in [3.63, 3.8) is 0 Å². The monoisotopic (exact) mass is 406 g/mol. The van der Waals surface area contributed by atoms with Crippen LogP contribution in [-0.4, -0.2) is 56.9 Å². The highest BCUT2D eigenvalue weighted by atomic mass is 32.2. The van der Waals surface area contributed by atoms with E-state index in [1.165, 1.54) is 15.3 Å². The number of carbonyl (C=O) groups is 1. The van der Waals surface area contributed by atoms with E-state index in [0.717, 1.165) is 23.3 Å². The maximum atomic E-state index is 14.4. The van der Waals surface area contributed by atoms with E-state index >= 15 is 0 Å². The van der Waals surface area contributed by atoms with Crippen molar-refractivity contribution in [1.29, 1.82) is 0 Å². The van der Waals surface area contributed by atoms with E-state index in [0.29, 0.717) is 19.8 Å². The molecule has 28 heavy (non-hydrogen) atoms. The van der Waals surface area contributed by atoms with Gasteiger partial charge in [-0.1, -0.05) is 24.3 Å². The first-order valence-electron chi connectivity index (χ1n) is 8.98.